The zero-order chi connectivity index (χ0) is 42.9. The van der Waals surface area contributed by atoms with Gasteiger partial charge in [0, 0.05) is 18.2 Å². The summed E-state index contributed by atoms with van der Waals surface area (Å²) in [6, 6.07) is 59.8. The van der Waals surface area contributed by atoms with E-state index in [0.29, 0.717) is 66.7 Å². The van der Waals surface area contributed by atoms with E-state index in [1.165, 1.54) is 6.26 Å². The van der Waals surface area contributed by atoms with E-state index >= 15 is 0 Å². The zero-order valence-electron chi connectivity index (χ0n) is 34.6. The molecule has 0 atom stereocenters. The molecule has 8 rings (SSSR count). The SMILES string of the molecule is O=C(OCc1ccco1)c1cc(OCc2cc(OCc3ccccc3)cc(OCc3ccccc3)c2)cc(OCc2cc(OCc3ccccc3)cc(OCc3ccccc3)c2)c1. The number of furan rings is 1. The fourth-order valence-corrected chi connectivity index (χ4v) is 6.53. The zero-order valence-corrected chi connectivity index (χ0v) is 34.6. The van der Waals surface area contributed by atoms with E-state index in [0.717, 1.165) is 33.4 Å². The molecule has 0 aliphatic carbocycles. The van der Waals surface area contributed by atoms with Crippen molar-refractivity contribution in [3.63, 3.8) is 0 Å². The molecule has 63 heavy (non-hydrogen) atoms. The van der Waals surface area contributed by atoms with Crippen LogP contribution in [-0.4, -0.2) is 5.97 Å². The van der Waals surface area contributed by atoms with E-state index in [1.807, 2.05) is 158 Å². The molecule has 316 valence electrons. The second-order valence-electron chi connectivity index (χ2n) is 14.6. The van der Waals surface area contributed by atoms with Gasteiger partial charge in [-0.05, 0) is 81.9 Å². The van der Waals surface area contributed by atoms with E-state index in [1.54, 1.807) is 30.3 Å². The average Bonchev–Trinajstić information content (AvgIpc) is 3.87. The first-order valence-corrected chi connectivity index (χ1v) is 20.6. The molecule has 0 saturated heterocycles. The predicted octanol–water partition coefficient (Wildman–Crippen LogP) is 12.1. The Morgan fingerprint density at radius 2 is 0.651 bits per heavy atom. The van der Waals surface area contributed by atoms with Gasteiger partial charge in [-0.2, -0.15) is 0 Å². The number of rotatable bonds is 21. The van der Waals surface area contributed by atoms with Crippen LogP contribution in [-0.2, 0) is 51.0 Å². The molecule has 7 aromatic carbocycles. The van der Waals surface area contributed by atoms with Crippen LogP contribution in [0.5, 0.6) is 34.5 Å². The summed E-state index contributed by atoms with van der Waals surface area (Å²) in [4.78, 5) is 13.5. The Labute approximate surface area is 367 Å². The molecular formula is C54H46O9. The fraction of sp³-hybridized carbons (Fsp3) is 0.130. The van der Waals surface area contributed by atoms with Gasteiger partial charge in [-0.3, -0.25) is 0 Å². The lowest BCUT2D eigenvalue weighted by atomic mass is 10.1. The summed E-state index contributed by atoms with van der Waals surface area (Å²) in [6.07, 6.45) is 1.53. The molecule has 0 radical (unpaired) electrons. The number of hydrogen-bond acceptors (Lipinski definition) is 9. The van der Waals surface area contributed by atoms with Gasteiger partial charge in [0.2, 0.25) is 0 Å². The second-order valence-corrected chi connectivity index (χ2v) is 14.6. The molecule has 9 heteroatoms. The van der Waals surface area contributed by atoms with Crippen LogP contribution >= 0.6 is 0 Å². The molecule has 0 N–H and O–H groups in total. The first-order valence-electron chi connectivity index (χ1n) is 20.6. The molecule has 0 amide bonds. The van der Waals surface area contributed by atoms with Gasteiger partial charge in [-0.15, -0.1) is 0 Å². The van der Waals surface area contributed by atoms with Gasteiger partial charge in [0.25, 0.3) is 0 Å². The minimum Gasteiger partial charge on any atom is -0.489 e. The second kappa shape index (κ2) is 21.6. The lowest BCUT2D eigenvalue weighted by Crippen LogP contribution is -2.07. The highest BCUT2D eigenvalue weighted by molar-refractivity contribution is 5.90. The van der Waals surface area contributed by atoms with Crippen molar-refractivity contribution in [1.82, 2.24) is 0 Å². The molecule has 0 aliphatic heterocycles. The number of benzene rings is 7. The van der Waals surface area contributed by atoms with Crippen LogP contribution in [0.2, 0.25) is 0 Å². The van der Waals surface area contributed by atoms with Gasteiger partial charge in [0.05, 0.1) is 11.8 Å². The van der Waals surface area contributed by atoms with Crippen LogP contribution in [0.3, 0.4) is 0 Å². The normalized spacial score (nSPS) is 10.7. The highest BCUT2D eigenvalue weighted by atomic mass is 16.5. The Bertz CT molecular complexity index is 2350. The van der Waals surface area contributed by atoms with E-state index in [4.69, 9.17) is 37.6 Å². The topological polar surface area (TPSA) is 94.8 Å². The largest absolute Gasteiger partial charge is 0.489 e. The van der Waals surface area contributed by atoms with Gasteiger partial charge in [0.15, 0.2) is 0 Å². The van der Waals surface area contributed by atoms with Crippen LogP contribution < -0.4 is 28.4 Å². The van der Waals surface area contributed by atoms with E-state index in [9.17, 15) is 4.79 Å². The molecule has 0 fully saturated rings. The molecular weight excluding hydrogens is 793 g/mol. The van der Waals surface area contributed by atoms with Crippen molar-refractivity contribution in [3.05, 3.63) is 239 Å². The Kier molecular flexibility index (Phi) is 14.3. The molecule has 0 saturated carbocycles. The van der Waals surface area contributed by atoms with E-state index < -0.39 is 5.97 Å². The van der Waals surface area contributed by atoms with Gasteiger partial charge >= 0.3 is 5.97 Å². The summed E-state index contributed by atoms with van der Waals surface area (Å²) in [5.74, 6) is 3.26. The lowest BCUT2D eigenvalue weighted by Gasteiger charge is -2.16. The Morgan fingerprint density at radius 1 is 0.333 bits per heavy atom. The van der Waals surface area contributed by atoms with Crippen LogP contribution in [0.1, 0.15) is 49.5 Å². The number of ether oxygens (including phenoxy) is 7. The maximum absolute atomic E-state index is 13.5. The molecule has 0 unspecified atom stereocenters. The van der Waals surface area contributed by atoms with Crippen LogP contribution in [0.4, 0.5) is 0 Å². The molecule has 9 nitrogen and oxygen atoms in total. The van der Waals surface area contributed by atoms with Crippen molar-refractivity contribution >= 4 is 5.97 Å². The van der Waals surface area contributed by atoms with E-state index in [2.05, 4.69) is 0 Å². The predicted molar refractivity (Wildman–Crippen MR) is 239 cm³/mol. The minimum absolute atomic E-state index is 0.0316. The maximum atomic E-state index is 13.5. The van der Waals surface area contributed by atoms with Crippen LogP contribution in [0, 0.1) is 0 Å². The molecule has 1 aromatic heterocycles. The number of carbonyl (C=O) groups is 1. The highest BCUT2D eigenvalue weighted by Crippen LogP contribution is 2.30. The molecule has 8 aromatic rings. The quantitative estimate of drug-likeness (QED) is 0.0656. The van der Waals surface area contributed by atoms with Gasteiger partial charge in [-0.1, -0.05) is 121 Å². The van der Waals surface area contributed by atoms with Gasteiger partial charge < -0.3 is 37.6 Å². The Hall–Kier alpha value is -7.91. The number of esters is 1. The lowest BCUT2D eigenvalue weighted by molar-refractivity contribution is 0.0444. The van der Waals surface area contributed by atoms with Crippen LogP contribution in [0.15, 0.2) is 199 Å². The highest BCUT2D eigenvalue weighted by Gasteiger charge is 2.15. The summed E-state index contributed by atoms with van der Waals surface area (Å²) < 4.78 is 48.7. The summed E-state index contributed by atoms with van der Waals surface area (Å²) in [7, 11) is 0. The summed E-state index contributed by atoms with van der Waals surface area (Å²) in [5.41, 5.74) is 5.99. The van der Waals surface area contributed by atoms with Crippen molar-refractivity contribution in [2.75, 3.05) is 0 Å². The first kappa shape index (κ1) is 41.8. The third kappa shape index (κ3) is 13.0. The summed E-state index contributed by atoms with van der Waals surface area (Å²) in [5, 5.41) is 0. The third-order valence-corrected chi connectivity index (χ3v) is 9.73. The average molecular weight is 839 g/mol. The Morgan fingerprint density at radius 3 is 0.968 bits per heavy atom. The van der Waals surface area contributed by atoms with Crippen molar-refractivity contribution in [2.45, 2.75) is 46.2 Å². The van der Waals surface area contributed by atoms with Crippen molar-refractivity contribution in [2.24, 2.45) is 0 Å². The molecule has 0 bridgehead atoms. The smallest absolute Gasteiger partial charge is 0.338 e. The minimum atomic E-state index is -0.567. The Balaban J connectivity index is 1.02. The van der Waals surface area contributed by atoms with Crippen molar-refractivity contribution in [1.29, 1.82) is 0 Å². The number of carbonyl (C=O) groups excluding carboxylic acids is 1. The molecule has 1 heterocycles. The van der Waals surface area contributed by atoms with Crippen molar-refractivity contribution < 1.29 is 42.4 Å². The molecule has 0 aliphatic rings. The number of hydrogen-bond donors (Lipinski definition) is 0. The summed E-state index contributed by atoms with van der Waals surface area (Å²) in [6.45, 7) is 1.78. The monoisotopic (exact) mass is 838 g/mol. The standard InChI is InChI=1S/C54H46O9/c55-54(63-39-47-22-13-23-56-47)46-28-52(61-37-44-24-48(57-33-40-14-5-1-6-15-40)30-49(25-44)58-34-41-16-7-2-8-17-41)32-53(29-46)62-38-45-26-50(59-35-42-18-9-3-10-19-42)31-51(27-45)60-36-43-20-11-4-12-21-43/h1-32H,33-39H2. The fourth-order valence-electron chi connectivity index (χ4n) is 6.53. The molecule has 0 spiro atoms. The maximum Gasteiger partial charge on any atom is 0.338 e. The summed E-state index contributed by atoms with van der Waals surface area (Å²) >= 11 is 0. The third-order valence-electron chi connectivity index (χ3n) is 9.73. The van der Waals surface area contributed by atoms with Gasteiger partial charge in [-0.25, -0.2) is 4.79 Å². The van der Waals surface area contributed by atoms with E-state index in [-0.39, 0.29) is 25.4 Å². The van der Waals surface area contributed by atoms with Crippen LogP contribution in [0.25, 0.3) is 0 Å². The van der Waals surface area contributed by atoms with Gasteiger partial charge in [0.1, 0.15) is 86.5 Å². The van der Waals surface area contributed by atoms with Crippen molar-refractivity contribution in [3.8, 4) is 34.5 Å². The first-order chi connectivity index (χ1) is 31.1.